The van der Waals surface area contributed by atoms with Gasteiger partial charge in [0, 0.05) is 24.2 Å². The van der Waals surface area contributed by atoms with E-state index in [9.17, 15) is 0 Å². The fourth-order valence-electron chi connectivity index (χ4n) is 1.14. The lowest BCUT2D eigenvalue weighted by Gasteiger charge is -2.05. The molecular weight excluding hydrogens is 192 g/mol. The molecule has 0 saturated heterocycles. The van der Waals surface area contributed by atoms with Crippen LogP contribution in [0.3, 0.4) is 0 Å². The van der Waals surface area contributed by atoms with Crippen molar-refractivity contribution >= 4 is 17.4 Å². The van der Waals surface area contributed by atoms with Crippen LogP contribution in [-0.2, 0) is 5.75 Å². The SMILES string of the molecule is CCCNc1ccnc(CSCC)c1. The van der Waals surface area contributed by atoms with Crippen molar-refractivity contribution in [1.29, 1.82) is 0 Å². The zero-order chi connectivity index (χ0) is 10.2. The average Bonchev–Trinajstić information content (AvgIpc) is 2.24. The first-order chi connectivity index (χ1) is 6.86. The lowest BCUT2D eigenvalue weighted by atomic mass is 10.3. The van der Waals surface area contributed by atoms with Crippen LogP contribution < -0.4 is 5.32 Å². The van der Waals surface area contributed by atoms with Crippen LogP contribution in [0.2, 0.25) is 0 Å². The maximum atomic E-state index is 4.32. The maximum Gasteiger partial charge on any atom is 0.0523 e. The lowest BCUT2D eigenvalue weighted by Crippen LogP contribution is -2.00. The van der Waals surface area contributed by atoms with Crippen molar-refractivity contribution in [2.24, 2.45) is 0 Å². The lowest BCUT2D eigenvalue weighted by molar-refractivity contribution is 0.977. The van der Waals surface area contributed by atoms with E-state index >= 15 is 0 Å². The highest BCUT2D eigenvalue weighted by molar-refractivity contribution is 7.98. The van der Waals surface area contributed by atoms with Crippen molar-refractivity contribution in [3.8, 4) is 0 Å². The molecule has 0 atom stereocenters. The zero-order valence-corrected chi connectivity index (χ0v) is 9.73. The second-order valence-corrected chi connectivity index (χ2v) is 4.37. The molecule has 14 heavy (non-hydrogen) atoms. The molecule has 1 rings (SSSR count). The summed E-state index contributed by atoms with van der Waals surface area (Å²) in [5.41, 5.74) is 2.35. The van der Waals surface area contributed by atoms with E-state index in [1.54, 1.807) is 0 Å². The summed E-state index contributed by atoms with van der Waals surface area (Å²) in [4.78, 5) is 4.32. The topological polar surface area (TPSA) is 24.9 Å². The van der Waals surface area contributed by atoms with Crippen molar-refractivity contribution in [2.45, 2.75) is 26.0 Å². The minimum absolute atomic E-state index is 1.01. The number of aromatic nitrogens is 1. The normalized spacial score (nSPS) is 10.1. The number of nitrogens with zero attached hydrogens (tertiary/aromatic N) is 1. The quantitative estimate of drug-likeness (QED) is 0.780. The fraction of sp³-hybridized carbons (Fsp3) is 0.545. The Kier molecular flexibility index (Phi) is 5.45. The molecule has 0 unspecified atom stereocenters. The van der Waals surface area contributed by atoms with Gasteiger partial charge >= 0.3 is 0 Å². The number of anilines is 1. The van der Waals surface area contributed by atoms with Gasteiger partial charge in [0.15, 0.2) is 0 Å². The summed E-state index contributed by atoms with van der Waals surface area (Å²) >= 11 is 1.90. The highest BCUT2D eigenvalue weighted by atomic mass is 32.2. The van der Waals surface area contributed by atoms with Gasteiger partial charge in [-0.3, -0.25) is 4.98 Å². The average molecular weight is 210 g/mol. The van der Waals surface area contributed by atoms with Crippen LogP contribution in [0.25, 0.3) is 0 Å². The first-order valence-electron chi connectivity index (χ1n) is 5.13. The van der Waals surface area contributed by atoms with Crippen molar-refractivity contribution in [3.05, 3.63) is 24.0 Å². The number of pyridine rings is 1. The molecule has 0 aliphatic heterocycles. The fourth-order valence-corrected chi connectivity index (χ4v) is 1.71. The van der Waals surface area contributed by atoms with Gasteiger partial charge in [-0.05, 0) is 24.3 Å². The number of nitrogens with one attached hydrogen (secondary N) is 1. The Bertz CT molecular complexity index is 240. The van der Waals surface area contributed by atoms with Crippen LogP contribution in [0.15, 0.2) is 18.3 Å². The minimum Gasteiger partial charge on any atom is -0.385 e. The number of rotatable bonds is 6. The summed E-state index contributed by atoms with van der Waals surface area (Å²) in [6.45, 7) is 5.37. The third-order valence-electron chi connectivity index (χ3n) is 1.85. The Balaban J connectivity index is 2.50. The molecule has 0 aliphatic rings. The number of thioether (sulfide) groups is 1. The van der Waals surface area contributed by atoms with Crippen molar-refractivity contribution in [2.75, 3.05) is 17.6 Å². The highest BCUT2D eigenvalue weighted by Gasteiger charge is 1.96. The van der Waals surface area contributed by atoms with E-state index in [2.05, 4.69) is 30.2 Å². The van der Waals surface area contributed by atoms with Gasteiger partial charge in [0.05, 0.1) is 5.69 Å². The van der Waals surface area contributed by atoms with Gasteiger partial charge in [-0.25, -0.2) is 0 Å². The summed E-state index contributed by atoms with van der Waals surface area (Å²) in [5.74, 6) is 2.16. The van der Waals surface area contributed by atoms with Gasteiger partial charge in [0.2, 0.25) is 0 Å². The van der Waals surface area contributed by atoms with Gasteiger partial charge < -0.3 is 5.32 Å². The van der Waals surface area contributed by atoms with E-state index in [1.807, 2.05) is 24.0 Å². The van der Waals surface area contributed by atoms with Crippen LogP contribution in [0, 0.1) is 0 Å². The molecule has 0 aromatic carbocycles. The predicted octanol–water partition coefficient (Wildman–Crippen LogP) is 3.16. The third-order valence-corrected chi connectivity index (χ3v) is 2.76. The van der Waals surface area contributed by atoms with Gasteiger partial charge in [0.1, 0.15) is 0 Å². The van der Waals surface area contributed by atoms with Crippen LogP contribution in [0.1, 0.15) is 26.0 Å². The highest BCUT2D eigenvalue weighted by Crippen LogP contribution is 2.13. The van der Waals surface area contributed by atoms with E-state index in [0.717, 1.165) is 30.2 Å². The molecule has 0 spiro atoms. The summed E-state index contributed by atoms with van der Waals surface area (Å²) in [6, 6.07) is 4.16. The Hall–Kier alpha value is -0.700. The van der Waals surface area contributed by atoms with Crippen LogP contribution >= 0.6 is 11.8 Å². The smallest absolute Gasteiger partial charge is 0.0523 e. The van der Waals surface area contributed by atoms with Crippen molar-refractivity contribution in [1.82, 2.24) is 4.98 Å². The van der Waals surface area contributed by atoms with Gasteiger partial charge in [-0.2, -0.15) is 11.8 Å². The molecule has 1 N–H and O–H groups in total. The van der Waals surface area contributed by atoms with Gasteiger partial charge in [-0.1, -0.05) is 13.8 Å². The first kappa shape index (κ1) is 11.4. The molecule has 2 nitrogen and oxygen atoms in total. The summed E-state index contributed by atoms with van der Waals surface area (Å²) < 4.78 is 0. The molecule has 1 aromatic heterocycles. The Morgan fingerprint density at radius 1 is 1.43 bits per heavy atom. The largest absolute Gasteiger partial charge is 0.385 e. The van der Waals surface area contributed by atoms with E-state index in [1.165, 1.54) is 5.69 Å². The van der Waals surface area contributed by atoms with Crippen LogP contribution in [0.4, 0.5) is 5.69 Å². The van der Waals surface area contributed by atoms with Gasteiger partial charge in [-0.15, -0.1) is 0 Å². The maximum absolute atomic E-state index is 4.32. The van der Waals surface area contributed by atoms with Crippen molar-refractivity contribution in [3.63, 3.8) is 0 Å². The zero-order valence-electron chi connectivity index (χ0n) is 8.92. The second kappa shape index (κ2) is 6.71. The van der Waals surface area contributed by atoms with Crippen LogP contribution in [0.5, 0.6) is 0 Å². The predicted molar refractivity (Wildman–Crippen MR) is 64.9 cm³/mol. The summed E-state index contributed by atoms with van der Waals surface area (Å²) in [7, 11) is 0. The van der Waals surface area contributed by atoms with E-state index in [0.29, 0.717) is 0 Å². The van der Waals surface area contributed by atoms with Crippen LogP contribution in [-0.4, -0.2) is 17.3 Å². The molecule has 0 fully saturated rings. The number of hydrogen-bond donors (Lipinski definition) is 1. The van der Waals surface area contributed by atoms with E-state index in [4.69, 9.17) is 0 Å². The summed E-state index contributed by atoms with van der Waals surface area (Å²) in [5, 5.41) is 3.36. The Morgan fingerprint density at radius 2 is 2.29 bits per heavy atom. The molecule has 0 amide bonds. The van der Waals surface area contributed by atoms with Crippen molar-refractivity contribution < 1.29 is 0 Å². The molecule has 1 heterocycles. The van der Waals surface area contributed by atoms with E-state index in [-0.39, 0.29) is 0 Å². The Labute approximate surface area is 90.5 Å². The monoisotopic (exact) mass is 210 g/mol. The molecule has 0 saturated carbocycles. The molecular formula is C11H18N2S. The first-order valence-corrected chi connectivity index (χ1v) is 6.28. The minimum atomic E-state index is 1.01. The Morgan fingerprint density at radius 3 is 3.00 bits per heavy atom. The number of hydrogen-bond acceptors (Lipinski definition) is 3. The molecule has 0 aliphatic carbocycles. The molecule has 3 heteroatoms. The molecule has 0 radical (unpaired) electrons. The standard InChI is InChI=1S/C11H18N2S/c1-3-6-12-10-5-7-13-11(8-10)9-14-4-2/h5,7-8H,3-4,6,9H2,1-2H3,(H,12,13). The molecule has 78 valence electrons. The molecule has 0 bridgehead atoms. The third kappa shape index (κ3) is 4.01. The van der Waals surface area contributed by atoms with Gasteiger partial charge in [0.25, 0.3) is 0 Å². The second-order valence-electron chi connectivity index (χ2n) is 3.10. The van der Waals surface area contributed by atoms with E-state index < -0.39 is 0 Å². The molecule has 1 aromatic rings. The summed E-state index contributed by atoms with van der Waals surface area (Å²) in [6.07, 6.45) is 3.03.